The maximum atomic E-state index is 5.40. The lowest BCUT2D eigenvalue weighted by Crippen LogP contribution is -2.17. The van der Waals surface area contributed by atoms with Crippen LogP contribution in [0.1, 0.15) is 6.42 Å². The number of nitrogens with zero attached hydrogens (tertiary/aromatic N) is 3. The van der Waals surface area contributed by atoms with E-state index in [1.807, 2.05) is 54.6 Å². The number of anilines is 3. The molecule has 2 N–H and O–H groups in total. The molecule has 2 aromatic carbocycles. The van der Waals surface area contributed by atoms with Gasteiger partial charge < -0.3 is 25.0 Å². The maximum Gasteiger partial charge on any atom is 0.225 e. The van der Waals surface area contributed by atoms with Gasteiger partial charge in [-0.3, -0.25) is 0 Å². The first-order valence-electron chi connectivity index (χ1n) is 9.91. The first-order chi connectivity index (χ1) is 14.6. The van der Waals surface area contributed by atoms with E-state index in [-0.39, 0.29) is 0 Å². The van der Waals surface area contributed by atoms with Crippen LogP contribution in [0.3, 0.4) is 0 Å². The highest BCUT2D eigenvalue weighted by Gasteiger charge is 2.09. The van der Waals surface area contributed by atoms with E-state index < -0.39 is 0 Å². The molecule has 0 amide bonds. The van der Waals surface area contributed by atoms with Crippen molar-refractivity contribution in [1.29, 1.82) is 0 Å². The summed E-state index contributed by atoms with van der Waals surface area (Å²) < 4.78 is 10.7. The third-order valence-electron chi connectivity index (χ3n) is 4.52. The maximum absolute atomic E-state index is 5.40. The summed E-state index contributed by atoms with van der Waals surface area (Å²) in [4.78, 5) is 11.5. The molecule has 0 atom stereocenters. The Labute approximate surface area is 178 Å². The molecule has 0 bridgehead atoms. The van der Waals surface area contributed by atoms with Crippen LogP contribution in [0.4, 0.5) is 17.5 Å². The van der Waals surface area contributed by atoms with E-state index >= 15 is 0 Å². The highest BCUT2D eigenvalue weighted by molar-refractivity contribution is 5.68. The highest BCUT2D eigenvalue weighted by Crippen LogP contribution is 2.31. The molecule has 158 valence electrons. The van der Waals surface area contributed by atoms with Crippen LogP contribution in [0.25, 0.3) is 11.3 Å². The summed E-state index contributed by atoms with van der Waals surface area (Å²) >= 11 is 0. The Bertz CT molecular complexity index is 948. The molecule has 7 heteroatoms. The van der Waals surface area contributed by atoms with Gasteiger partial charge >= 0.3 is 0 Å². The summed E-state index contributed by atoms with van der Waals surface area (Å²) in [6.45, 7) is 1.80. The summed E-state index contributed by atoms with van der Waals surface area (Å²) in [6.07, 6.45) is 1.00. The average molecular weight is 408 g/mol. The SMILES string of the molecule is COc1ccc(Nc2cc(-c3ccccc3)nc(NCCCN(C)C)n2)cc1OC. The van der Waals surface area contributed by atoms with E-state index in [4.69, 9.17) is 14.5 Å². The van der Waals surface area contributed by atoms with Crippen molar-refractivity contribution >= 4 is 17.5 Å². The summed E-state index contributed by atoms with van der Waals surface area (Å²) in [7, 11) is 7.38. The molecule has 0 radical (unpaired) electrons. The van der Waals surface area contributed by atoms with E-state index in [9.17, 15) is 0 Å². The highest BCUT2D eigenvalue weighted by atomic mass is 16.5. The predicted octanol–water partition coefficient (Wildman–Crippen LogP) is 4.27. The molecule has 3 rings (SSSR count). The van der Waals surface area contributed by atoms with Crippen molar-refractivity contribution in [1.82, 2.24) is 14.9 Å². The summed E-state index contributed by atoms with van der Waals surface area (Å²) in [5, 5.41) is 6.70. The number of hydrogen-bond donors (Lipinski definition) is 2. The number of aromatic nitrogens is 2. The van der Waals surface area contributed by atoms with Crippen molar-refractivity contribution in [2.75, 3.05) is 52.0 Å². The molecule has 3 aromatic rings. The number of methoxy groups -OCH3 is 2. The van der Waals surface area contributed by atoms with Gasteiger partial charge in [0.1, 0.15) is 5.82 Å². The summed E-state index contributed by atoms with van der Waals surface area (Å²) in [5.74, 6) is 2.63. The second-order valence-corrected chi connectivity index (χ2v) is 7.11. The van der Waals surface area contributed by atoms with E-state index in [0.29, 0.717) is 23.3 Å². The van der Waals surface area contributed by atoms with Gasteiger partial charge in [-0.05, 0) is 39.2 Å². The molecule has 0 aliphatic carbocycles. The third kappa shape index (κ3) is 5.84. The van der Waals surface area contributed by atoms with Gasteiger partial charge in [0.25, 0.3) is 0 Å². The van der Waals surface area contributed by atoms with Gasteiger partial charge in [0.05, 0.1) is 19.9 Å². The van der Waals surface area contributed by atoms with Gasteiger partial charge in [0.15, 0.2) is 11.5 Å². The van der Waals surface area contributed by atoms with E-state index in [0.717, 1.165) is 36.5 Å². The lowest BCUT2D eigenvalue weighted by molar-refractivity contribution is 0.355. The van der Waals surface area contributed by atoms with Crippen LogP contribution in [0.5, 0.6) is 11.5 Å². The van der Waals surface area contributed by atoms with Crippen LogP contribution in [0, 0.1) is 0 Å². The number of benzene rings is 2. The van der Waals surface area contributed by atoms with Crippen molar-refractivity contribution in [2.24, 2.45) is 0 Å². The largest absolute Gasteiger partial charge is 0.493 e. The van der Waals surface area contributed by atoms with E-state index in [2.05, 4.69) is 34.6 Å². The quantitative estimate of drug-likeness (QED) is 0.486. The first kappa shape index (κ1) is 21.4. The number of nitrogens with one attached hydrogen (secondary N) is 2. The Kier molecular flexibility index (Phi) is 7.45. The zero-order valence-electron chi connectivity index (χ0n) is 18.0. The standard InChI is InChI=1S/C23H29N5O2/c1-28(2)14-8-13-24-23-26-19(17-9-6-5-7-10-17)16-22(27-23)25-18-11-12-20(29-3)21(15-18)30-4/h5-7,9-12,15-16H,8,13-14H2,1-4H3,(H2,24,25,26,27). The Morgan fingerprint density at radius 1 is 0.900 bits per heavy atom. The Balaban J connectivity index is 1.86. The number of ether oxygens (including phenoxy) is 2. The second-order valence-electron chi connectivity index (χ2n) is 7.11. The summed E-state index contributed by atoms with van der Waals surface area (Å²) in [6, 6.07) is 17.7. The van der Waals surface area contributed by atoms with Gasteiger partial charge in [-0.2, -0.15) is 4.98 Å². The third-order valence-corrected chi connectivity index (χ3v) is 4.52. The molecular weight excluding hydrogens is 378 g/mol. The Hall–Kier alpha value is -3.32. The van der Waals surface area contributed by atoms with Gasteiger partial charge in [-0.15, -0.1) is 0 Å². The molecular formula is C23H29N5O2. The fourth-order valence-corrected chi connectivity index (χ4v) is 3.00. The molecule has 0 unspecified atom stereocenters. The lowest BCUT2D eigenvalue weighted by atomic mass is 10.1. The smallest absolute Gasteiger partial charge is 0.225 e. The lowest BCUT2D eigenvalue weighted by Gasteiger charge is -2.14. The zero-order chi connectivity index (χ0) is 21.3. The fourth-order valence-electron chi connectivity index (χ4n) is 3.00. The van der Waals surface area contributed by atoms with Crippen LogP contribution in [-0.2, 0) is 0 Å². The molecule has 1 aromatic heterocycles. The molecule has 1 heterocycles. The Morgan fingerprint density at radius 2 is 1.67 bits per heavy atom. The molecule has 0 spiro atoms. The monoisotopic (exact) mass is 407 g/mol. The minimum Gasteiger partial charge on any atom is -0.493 e. The number of hydrogen-bond acceptors (Lipinski definition) is 7. The van der Waals surface area contributed by atoms with Gasteiger partial charge in [0.2, 0.25) is 5.95 Å². The predicted molar refractivity (Wildman–Crippen MR) is 122 cm³/mol. The van der Waals surface area contributed by atoms with Crippen molar-refractivity contribution in [3.05, 3.63) is 54.6 Å². The molecule has 0 aliphatic rings. The van der Waals surface area contributed by atoms with Crippen LogP contribution >= 0.6 is 0 Å². The first-order valence-corrected chi connectivity index (χ1v) is 9.91. The van der Waals surface area contributed by atoms with Crippen LogP contribution in [0.15, 0.2) is 54.6 Å². The molecule has 0 aliphatic heterocycles. The molecule has 0 fully saturated rings. The van der Waals surface area contributed by atoms with Gasteiger partial charge in [-0.25, -0.2) is 4.98 Å². The van der Waals surface area contributed by atoms with Crippen molar-refractivity contribution in [3.63, 3.8) is 0 Å². The molecule has 0 saturated carbocycles. The second kappa shape index (κ2) is 10.5. The topological polar surface area (TPSA) is 71.5 Å². The fraction of sp³-hybridized carbons (Fsp3) is 0.304. The van der Waals surface area contributed by atoms with Gasteiger partial charge in [-0.1, -0.05) is 30.3 Å². The average Bonchev–Trinajstić information content (AvgIpc) is 2.77. The van der Waals surface area contributed by atoms with Crippen LogP contribution in [-0.4, -0.2) is 56.3 Å². The molecule has 7 nitrogen and oxygen atoms in total. The number of rotatable bonds is 10. The zero-order valence-corrected chi connectivity index (χ0v) is 18.0. The minimum absolute atomic E-state index is 0.595. The molecule has 30 heavy (non-hydrogen) atoms. The van der Waals surface area contributed by atoms with Crippen LogP contribution < -0.4 is 20.1 Å². The normalized spacial score (nSPS) is 10.7. The van der Waals surface area contributed by atoms with Crippen molar-refractivity contribution in [3.8, 4) is 22.8 Å². The van der Waals surface area contributed by atoms with E-state index in [1.54, 1.807) is 14.2 Å². The van der Waals surface area contributed by atoms with E-state index in [1.165, 1.54) is 0 Å². The van der Waals surface area contributed by atoms with Gasteiger partial charge in [0, 0.05) is 29.9 Å². The van der Waals surface area contributed by atoms with Crippen molar-refractivity contribution in [2.45, 2.75) is 6.42 Å². The van der Waals surface area contributed by atoms with Crippen molar-refractivity contribution < 1.29 is 9.47 Å². The van der Waals surface area contributed by atoms with Crippen LogP contribution in [0.2, 0.25) is 0 Å². The Morgan fingerprint density at radius 3 is 2.37 bits per heavy atom. The molecule has 0 saturated heterocycles. The summed E-state index contributed by atoms with van der Waals surface area (Å²) in [5.41, 5.74) is 2.74. The minimum atomic E-state index is 0.595.